The zero-order valence-electron chi connectivity index (χ0n) is 31.8. The van der Waals surface area contributed by atoms with Gasteiger partial charge in [0.05, 0.1) is 17.0 Å². The van der Waals surface area contributed by atoms with Crippen molar-refractivity contribution in [2.45, 2.75) is 39.5 Å². The summed E-state index contributed by atoms with van der Waals surface area (Å²) in [7, 11) is 0. The van der Waals surface area contributed by atoms with E-state index in [4.69, 9.17) is 4.98 Å². The Morgan fingerprint density at radius 2 is 1.04 bits per heavy atom. The van der Waals surface area contributed by atoms with Gasteiger partial charge in [-0.3, -0.25) is 14.6 Å². The topological polar surface area (TPSA) is 87.5 Å². The summed E-state index contributed by atoms with van der Waals surface area (Å²) in [4.78, 5) is 30.1. The summed E-state index contributed by atoms with van der Waals surface area (Å²) < 4.78 is 0. The number of fused-ring (bicyclic) bond motifs is 1. The molecule has 285 valence electrons. The summed E-state index contributed by atoms with van der Waals surface area (Å²) in [5.74, 6) is -0.256. The summed E-state index contributed by atoms with van der Waals surface area (Å²) in [5, 5.41) is 20.4. The molecule has 0 aliphatic carbocycles. The van der Waals surface area contributed by atoms with Crippen molar-refractivity contribution in [3.05, 3.63) is 186 Å². The van der Waals surface area contributed by atoms with E-state index in [1.807, 2.05) is 60.7 Å². The molecule has 1 aromatic heterocycles. The molecular formula is C51H42IrNO4-. The molecule has 0 saturated carbocycles. The number of aliphatic hydroxyl groups excluding tert-OH is 2. The monoisotopic (exact) mass is 925 g/mol. The van der Waals surface area contributed by atoms with E-state index in [1.54, 1.807) is 0 Å². The molecule has 7 aromatic rings. The van der Waals surface area contributed by atoms with Crippen molar-refractivity contribution in [1.29, 1.82) is 0 Å². The van der Waals surface area contributed by atoms with Crippen LogP contribution in [0.2, 0.25) is 0 Å². The normalized spacial score (nSPS) is 11.6. The average molecular weight is 925 g/mol. The maximum atomic E-state index is 12.6. The van der Waals surface area contributed by atoms with E-state index < -0.39 is 0 Å². The molecule has 6 aromatic carbocycles. The summed E-state index contributed by atoms with van der Waals surface area (Å²) in [5.41, 5.74) is 13.0. The summed E-state index contributed by atoms with van der Waals surface area (Å²) in [6, 6.07) is 53.2. The fourth-order valence-electron chi connectivity index (χ4n) is 7.21. The standard InChI is InChI=1S/C51H42NO4.Ir/c1-34(53)29-44(55)26-23-36-11-3-6-14-46(36)41-31-42(47-15-7-4-12-37(47)24-27-45(56)30-35(2)54)33-43(32-41)49-17-9-8-16-48(49)38-19-21-40(22-20-38)51-28-25-39-13-5-10-18-50(39)52-51;/h3-21,25,28-33,53-54H,23-24,26-27H2,1-2H3;/q-1;/b34-29-,35-30-;. The molecular weight excluding hydrogens is 883 g/mol. The third kappa shape index (κ3) is 9.98. The predicted octanol–water partition coefficient (Wildman–Crippen LogP) is 12.3. The Balaban J connectivity index is 0.00000549. The van der Waals surface area contributed by atoms with Gasteiger partial charge in [-0.1, -0.05) is 114 Å². The number of carbonyl (C=O) groups is 2. The number of para-hydroxylation sites is 1. The van der Waals surface area contributed by atoms with Gasteiger partial charge >= 0.3 is 0 Å². The second kappa shape index (κ2) is 18.6. The van der Waals surface area contributed by atoms with Crippen LogP contribution >= 0.6 is 0 Å². The first-order valence-electron chi connectivity index (χ1n) is 18.8. The van der Waals surface area contributed by atoms with Crippen LogP contribution in [0.4, 0.5) is 0 Å². The number of aromatic nitrogens is 1. The van der Waals surface area contributed by atoms with Crippen LogP contribution in [0, 0.1) is 6.07 Å². The number of benzene rings is 6. The molecule has 0 aliphatic rings. The van der Waals surface area contributed by atoms with Gasteiger partial charge in [-0.05, 0) is 107 Å². The van der Waals surface area contributed by atoms with E-state index in [0.717, 1.165) is 77.8 Å². The van der Waals surface area contributed by atoms with E-state index in [9.17, 15) is 19.8 Å². The Morgan fingerprint density at radius 3 is 1.56 bits per heavy atom. The number of aryl methyl sites for hydroxylation is 2. The van der Waals surface area contributed by atoms with Gasteiger partial charge in [-0.25, -0.2) is 0 Å². The van der Waals surface area contributed by atoms with Gasteiger partial charge in [0.25, 0.3) is 0 Å². The number of hydrogen-bond acceptors (Lipinski definition) is 5. The first-order valence-corrected chi connectivity index (χ1v) is 18.8. The molecule has 0 bridgehead atoms. The minimum Gasteiger partial charge on any atom is -0.512 e. The van der Waals surface area contributed by atoms with Crippen molar-refractivity contribution in [2.24, 2.45) is 0 Å². The van der Waals surface area contributed by atoms with Crippen molar-refractivity contribution < 1.29 is 39.9 Å². The molecule has 0 spiro atoms. The number of nitrogens with zero attached hydrogens (tertiary/aromatic N) is 1. The van der Waals surface area contributed by atoms with E-state index >= 15 is 0 Å². The number of carbonyl (C=O) groups excluding carboxylic acids is 2. The Kier molecular flexibility index (Phi) is 13.2. The van der Waals surface area contributed by atoms with Crippen LogP contribution in [0.25, 0.3) is 66.7 Å². The van der Waals surface area contributed by atoms with Crippen LogP contribution in [0.15, 0.2) is 169 Å². The molecule has 0 unspecified atom stereocenters. The number of hydrogen-bond donors (Lipinski definition) is 2. The number of pyridine rings is 1. The van der Waals surface area contributed by atoms with Crippen LogP contribution in [0.1, 0.15) is 37.8 Å². The second-order valence-corrected chi connectivity index (χ2v) is 14.0. The van der Waals surface area contributed by atoms with Crippen molar-refractivity contribution in [3.63, 3.8) is 0 Å². The van der Waals surface area contributed by atoms with Crippen molar-refractivity contribution in [2.75, 3.05) is 0 Å². The van der Waals surface area contributed by atoms with Gasteiger partial charge in [-0.15, -0.1) is 29.8 Å². The second-order valence-electron chi connectivity index (χ2n) is 14.0. The minimum absolute atomic E-state index is 0. The van der Waals surface area contributed by atoms with E-state index in [-0.39, 0.29) is 56.0 Å². The number of aliphatic hydroxyl groups is 2. The molecule has 0 fully saturated rings. The molecule has 6 heteroatoms. The maximum Gasteiger partial charge on any atom is 0.159 e. The molecule has 5 nitrogen and oxygen atoms in total. The molecule has 57 heavy (non-hydrogen) atoms. The number of rotatable bonds is 13. The van der Waals surface area contributed by atoms with Crippen LogP contribution in [0.3, 0.4) is 0 Å². The molecule has 1 heterocycles. The SMILES string of the molecule is C/C(O)=C/C(=O)CCc1ccccc1-c1cc(-c2ccccc2CCC(=O)/C=C(/C)O)cc(-c2ccccc2-c2c[c-]c(-c3ccc4ccccc4n3)cc2)c1.[Ir]. The van der Waals surface area contributed by atoms with E-state index in [2.05, 4.69) is 91.0 Å². The zero-order valence-corrected chi connectivity index (χ0v) is 34.2. The molecule has 0 aliphatic heterocycles. The molecule has 0 saturated heterocycles. The Labute approximate surface area is 347 Å². The molecule has 0 amide bonds. The summed E-state index contributed by atoms with van der Waals surface area (Å²) in [6.45, 7) is 3.01. The van der Waals surface area contributed by atoms with E-state index in [1.165, 1.54) is 26.0 Å². The van der Waals surface area contributed by atoms with Gasteiger partial charge in [0.1, 0.15) is 0 Å². The van der Waals surface area contributed by atoms with Crippen LogP contribution in [0.5, 0.6) is 0 Å². The quantitative estimate of drug-likeness (QED) is 0.0683. The van der Waals surface area contributed by atoms with Gasteiger partial charge in [0.2, 0.25) is 0 Å². The largest absolute Gasteiger partial charge is 0.512 e. The summed E-state index contributed by atoms with van der Waals surface area (Å²) >= 11 is 0. The first kappa shape index (κ1) is 40.5. The fourth-order valence-corrected chi connectivity index (χ4v) is 7.21. The summed E-state index contributed by atoms with van der Waals surface area (Å²) in [6.07, 6.45) is 4.12. The van der Waals surface area contributed by atoms with Gasteiger partial charge in [-0.2, -0.15) is 0 Å². The number of ketones is 2. The van der Waals surface area contributed by atoms with Crippen LogP contribution in [-0.2, 0) is 42.5 Å². The van der Waals surface area contributed by atoms with Gasteiger partial charge in [0, 0.05) is 45.1 Å². The Bertz CT molecular complexity index is 2520. The first-order chi connectivity index (χ1) is 27.2. The average Bonchev–Trinajstić information content (AvgIpc) is 3.21. The van der Waals surface area contributed by atoms with Crippen molar-refractivity contribution in [3.8, 4) is 55.8 Å². The molecule has 7 rings (SSSR count). The molecule has 0 atom stereocenters. The third-order valence-corrected chi connectivity index (χ3v) is 9.85. The Hall–Kier alpha value is -6.20. The molecule has 2 N–H and O–H groups in total. The van der Waals surface area contributed by atoms with Crippen molar-refractivity contribution in [1.82, 2.24) is 4.98 Å². The minimum atomic E-state index is -0.128. The van der Waals surface area contributed by atoms with Crippen LogP contribution < -0.4 is 0 Å². The maximum absolute atomic E-state index is 12.6. The van der Waals surface area contributed by atoms with Gasteiger partial charge in [0.15, 0.2) is 11.6 Å². The zero-order chi connectivity index (χ0) is 39.0. The smallest absolute Gasteiger partial charge is 0.159 e. The third-order valence-electron chi connectivity index (χ3n) is 9.85. The predicted molar refractivity (Wildman–Crippen MR) is 227 cm³/mol. The molecule has 1 radical (unpaired) electrons. The van der Waals surface area contributed by atoms with Gasteiger partial charge < -0.3 is 10.2 Å². The Morgan fingerprint density at radius 1 is 0.561 bits per heavy atom. The van der Waals surface area contributed by atoms with Crippen LogP contribution in [-0.4, -0.2) is 26.8 Å². The van der Waals surface area contributed by atoms with E-state index in [0.29, 0.717) is 12.8 Å². The van der Waals surface area contributed by atoms with Crippen molar-refractivity contribution >= 4 is 22.5 Å². The number of allylic oxidation sites excluding steroid dienone is 4. The fraction of sp³-hybridized carbons (Fsp3) is 0.118.